The molecule has 0 aliphatic rings. The van der Waals surface area contributed by atoms with Gasteiger partial charge in [0.15, 0.2) is 0 Å². The number of rotatable bonds is 5. The molecule has 3 aromatic rings. The van der Waals surface area contributed by atoms with Gasteiger partial charge in [-0.05, 0) is 35.4 Å². The van der Waals surface area contributed by atoms with E-state index >= 15 is 0 Å². The van der Waals surface area contributed by atoms with E-state index in [1.54, 1.807) is 12.1 Å². The van der Waals surface area contributed by atoms with Gasteiger partial charge in [-0.3, -0.25) is 0 Å². The first-order valence-electron chi connectivity index (χ1n) is 7.40. The van der Waals surface area contributed by atoms with E-state index in [9.17, 15) is 9.50 Å². The van der Waals surface area contributed by atoms with Crippen molar-refractivity contribution in [2.75, 3.05) is 5.75 Å². The summed E-state index contributed by atoms with van der Waals surface area (Å²) >= 11 is 1.51. The second-order valence-corrected chi connectivity index (χ2v) is 6.38. The van der Waals surface area contributed by atoms with Gasteiger partial charge in [-0.15, -0.1) is 11.8 Å². The van der Waals surface area contributed by atoms with Crippen LogP contribution in [0.2, 0.25) is 0 Å². The Kier molecular flexibility index (Phi) is 4.79. The molecule has 1 N–H and O–H groups in total. The fourth-order valence-electron chi connectivity index (χ4n) is 2.48. The van der Waals surface area contributed by atoms with E-state index in [0.717, 1.165) is 16.0 Å². The number of thioether (sulfide) groups is 1. The van der Waals surface area contributed by atoms with Gasteiger partial charge in [0.1, 0.15) is 11.4 Å². The Morgan fingerprint density at radius 2 is 1.22 bits per heavy atom. The Morgan fingerprint density at radius 3 is 1.70 bits per heavy atom. The Hall–Kier alpha value is -2.10. The molecular weight excluding hydrogens is 307 g/mol. The van der Waals surface area contributed by atoms with E-state index in [4.69, 9.17) is 0 Å². The molecule has 0 saturated carbocycles. The van der Waals surface area contributed by atoms with Crippen LogP contribution in [0.15, 0.2) is 89.8 Å². The Balaban J connectivity index is 1.91. The predicted octanol–water partition coefficient (Wildman–Crippen LogP) is 4.85. The van der Waals surface area contributed by atoms with Crippen LogP contribution < -0.4 is 0 Å². The minimum absolute atomic E-state index is 0.254. The second kappa shape index (κ2) is 6.99. The molecule has 0 atom stereocenters. The fraction of sp³-hybridized carbons (Fsp3) is 0.100. The van der Waals surface area contributed by atoms with Crippen LogP contribution in [0, 0.1) is 5.82 Å². The quantitative estimate of drug-likeness (QED) is 0.677. The molecule has 0 heterocycles. The lowest BCUT2D eigenvalue weighted by Gasteiger charge is -2.29. The first kappa shape index (κ1) is 15.8. The van der Waals surface area contributed by atoms with Crippen molar-refractivity contribution >= 4 is 11.8 Å². The highest BCUT2D eigenvalue weighted by molar-refractivity contribution is 7.99. The highest BCUT2D eigenvalue weighted by Crippen LogP contribution is 2.35. The smallest absolute Gasteiger partial charge is 0.124 e. The van der Waals surface area contributed by atoms with Crippen LogP contribution in [0.25, 0.3) is 0 Å². The summed E-state index contributed by atoms with van der Waals surface area (Å²) in [7, 11) is 0. The van der Waals surface area contributed by atoms with Crippen molar-refractivity contribution in [3.63, 3.8) is 0 Å². The third-order valence-corrected chi connectivity index (χ3v) is 4.93. The zero-order chi connectivity index (χ0) is 16.1. The van der Waals surface area contributed by atoms with Gasteiger partial charge in [-0.1, -0.05) is 60.7 Å². The second-order valence-electron chi connectivity index (χ2n) is 5.33. The molecule has 3 aromatic carbocycles. The van der Waals surface area contributed by atoms with E-state index in [1.807, 2.05) is 60.7 Å². The maximum absolute atomic E-state index is 13.0. The third kappa shape index (κ3) is 3.63. The number of aliphatic hydroxyl groups is 1. The average molecular weight is 324 g/mol. The molecule has 0 radical (unpaired) electrons. The van der Waals surface area contributed by atoms with Gasteiger partial charge in [-0.2, -0.15) is 0 Å². The van der Waals surface area contributed by atoms with E-state index < -0.39 is 5.60 Å². The minimum atomic E-state index is -1.10. The summed E-state index contributed by atoms with van der Waals surface area (Å²) < 4.78 is 13.0. The molecule has 0 aromatic heterocycles. The molecule has 3 rings (SSSR count). The summed E-state index contributed by atoms with van der Waals surface area (Å²) in [5.41, 5.74) is 0.600. The van der Waals surface area contributed by atoms with Crippen LogP contribution in [0.1, 0.15) is 11.1 Å². The third-order valence-electron chi connectivity index (χ3n) is 3.76. The molecule has 0 aliphatic heterocycles. The van der Waals surface area contributed by atoms with Crippen molar-refractivity contribution < 1.29 is 9.50 Å². The van der Waals surface area contributed by atoms with Crippen molar-refractivity contribution in [3.05, 3.63) is 102 Å². The van der Waals surface area contributed by atoms with Crippen LogP contribution in [-0.2, 0) is 5.60 Å². The lowest BCUT2D eigenvalue weighted by molar-refractivity contribution is 0.107. The summed E-state index contributed by atoms with van der Waals surface area (Å²) in [5, 5.41) is 11.4. The molecule has 0 bridgehead atoms. The molecule has 0 saturated heterocycles. The van der Waals surface area contributed by atoms with Crippen molar-refractivity contribution in [1.29, 1.82) is 0 Å². The number of halogens is 1. The zero-order valence-electron chi connectivity index (χ0n) is 12.5. The van der Waals surface area contributed by atoms with Gasteiger partial charge >= 0.3 is 0 Å². The molecule has 1 nitrogen and oxygen atoms in total. The lowest BCUT2D eigenvalue weighted by atomic mass is 9.88. The van der Waals surface area contributed by atoms with Gasteiger partial charge in [0, 0.05) is 10.6 Å². The van der Waals surface area contributed by atoms with Gasteiger partial charge in [-0.25, -0.2) is 4.39 Å². The summed E-state index contributed by atoms with van der Waals surface area (Å²) in [6.07, 6.45) is 0. The summed E-state index contributed by atoms with van der Waals surface area (Å²) in [5.74, 6) is 0.197. The first-order valence-corrected chi connectivity index (χ1v) is 8.39. The van der Waals surface area contributed by atoms with Crippen LogP contribution in [0.5, 0.6) is 0 Å². The maximum atomic E-state index is 13.0. The summed E-state index contributed by atoms with van der Waals surface area (Å²) in [6, 6.07) is 25.6. The van der Waals surface area contributed by atoms with E-state index in [2.05, 4.69) is 0 Å². The SMILES string of the molecule is OC(CSc1ccc(F)cc1)(c1ccccc1)c1ccccc1. The van der Waals surface area contributed by atoms with Gasteiger partial charge < -0.3 is 5.11 Å². The summed E-state index contributed by atoms with van der Waals surface area (Å²) in [4.78, 5) is 0.927. The normalized spacial score (nSPS) is 11.4. The van der Waals surface area contributed by atoms with Crippen LogP contribution in [-0.4, -0.2) is 10.9 Å². The topological polar surface area (TPSA) is 20.2 Å². The van der Waals surface area contributed by atoms with Crippen LogP contribution >= 0.6 is 11.8 Å². The Labute approximate surface area is 139 Å². The van der Waals surface area contributed by atoms with E-state index in [-0.39, 0.29) is 5.82 Å². The Bertz CT molecular complexity index is 702. The molecule has 0 amide bonds. The first-order chi connectivity index (χ1) is 11.2. The molecular formula is C20H17FOS. The van der Waals surface area contributed by atoms with Crippen molar-refractivity contribution in [1.82, 2.24) is 0 Å². The maximum Gasteiger partial charge on any atom is 0.124 e. The molecule has 0 aliphatic carbocycles. The van der Waals surface area contributed by atoms with Gasteiger partial charge in [0.05, 0.1) is 0 Å². The van der Waals surface area contributed by atoms with Crippen molar-refractivity contribution in [2.45, 2.75) is 10.5 Å². The monoisotopic (exact) mass is 324 g/mol. The molecule has 0 spiro atoms. The van der Waals surface area contributed by atoms with Crippen molar-refractivity contribution in [3.8, 4) is 0 Å². The zero-order valence-corrected chi connectivity index (χ0v) is 13.3. The van der Waals surface area contributed by atoms with Gasteiger partial charge in [0.2, 0.25) is 0 Å². The lowest BCUT2D eigenvalue weighted by Crippen LogP contribution is -2.30. The molecule has 116 valence electrons. The highest BCUT2D eigenvalue weighted by atomic mass is 32.2. The van der Waals surface area contributed by atoms with E-state index in [0.29, 0.717) is 5.75 Å². The van der Waals surface area contributed by atoms with Gasteiger partial charge in [0.25, 0.3) is 0 Å². The number of hydrogen-bond donors (Lipinski definition) is 1. The molecule has 0 unspecified atom stereocenters. The Morgan fingerprint density at radius 1 is 0.739 bits per heavy atom. The fourth-order valence-corrected chi connectivity index (χ4v) is 3.52. The molecule has 23 heavy (non-hydrogen) atoms. The largest absolute Gasteiger partial charge is 0.380 e. The number of benzene rings is 3. The van der Waals surface area contributed by atoms with Crippen molar-refractivity contribution in [2.24, 2.45) is 0 Å². The standard InChI is InChI=1S/C20H17FOS/c21-18-11-13-19(14-12-18)23-15-20(22,16-7-3-1-4-8-16)17-9-5-2-6-10-17/h1-14,22H,15H2. The highest BCUT2D eigenvalue weighted by Gasteiger charge is 2.31. The average Bonchev–Trinajstić information content (AvgIpc) is 2.62. The van der Waals surface area contributed by atoms with Crippen LogP contribution in [0.3, 0.4) is 0 Å². The molecule has 0 fully saturated rings. The van der Waals surface area contributed by atoms with Crippen LogP contribution in [0.4, 0.5) is 4.39 Å². The summed E-state index contributed by atoms with van der Waals surface area (Å²) in [6.45, 7) is 0. The number of hydrogen-bond acceptors (Lipinski definition) is 2. The predicted molar refractivity (Wildman–Crippen MR) is 93.0 cm³/mol. The minimum Gasteiger partial charge on any atom is -0.380 e. The molecule has 3 heteroatoms. The van der Waals surface area contributed by atoms with E-state index in [1.165, 1.54) is 23.9 Å².